The summed E-state index contributed by atoms with van der Waals surface area (Å²) in [4.78, 5) is 14.5. The summed E-state index contributed by atoms with van der Waals surface area (Å²) < 4.78 is 0. The van der Waals surface area contributed by atoms with E-state index in [9.17, 15) is 0 Å². The molecule has 0 amide bonds. The molecule has 0 atom stereocenters. The molecule has 0 aliphatic rings. The number of hydrogen-bond donors (Lipinski definition) is 1. The van der Waals surface area contributed by atoms with Crippen LogP contribution in [-0.2, 0) is 12.8 Å². The summed E-state index contributed by atoms with van der Waals surface area (Å²) in [5.74, 6) is 2.41. The highest BCUT2D eigenvalue weighted by atomic mass is 32.1. The van der Waals surface area contributed by atoms with Gasteiger partial charge in [-0.2, -0.15) is 0 Å². The molecule has 0 unspecified atom stereocenters. The molecule has 3 rings (SSSR count). The Morgan fingerprint density at radius 3 is 2.87 bits per heavy atom. The largest absolute Gasteiger partial charge is 0.369 e. The van der Waals surface area contributed by atoms with Gasteiger partial charge in [0.15, 0.2) is 0 Å². The van der Waals surface area contributed by atoms with E-state index < -0.39 is 0 Å². The topological polar surface area (TPSA) is 50.7 Å². The third-order valence-electron chi connectivity index (χ3n) is 3.68. The van der Waals surface area contributed by atoms with Crippen molar-refractivity contribution >= 4 is 27.4 Å². The number of aromatic nitrogens is 3. The van der Waals surface area contributed by atoms with Gasteiger partial charge < -0.3 is 5.32 Å². The normalized spacial score (nSPS) is 11.3. The van der Waals surface area contributed by atoms with E-state index in [0.717, 1.165) is 35.9 Å². The van der Waals surface area contributed by atoms with Crippen molar-refractivity contribution in [1.29, 1.82) is 0 Å². The molecule has 0 aromatic carbocycles. The van der Waals surface area contributed by atoms with Crippen molar-refractivity contribution in [2.24, 2.45) is 5.92 Å². The highest BCUT2D eigenvalue weighted by molar-refractivity contribution is 7.17. The molecule has 0 fully saturated rings. The molecule has 3 heterocycles. The highest BCUT2D eigenvalue weighted by Crippen LogP contribution is 2.31. The predicted molar refractivity (Wildman–Crippen MR) is 97.1 cm³/mol. The van der Waals surface area contributed by atoms with Crippen LogP contribution in [0, 0.1) is 12.8 Å². The molecule has 5 heteroatoms. The van der Waals surface area contributed by atoms with Crippen LogP contribution in [0.1, 0.15) is 30.8 Å². The van der Waals surface area contributed by atoms with Gasteiger partial charge in [-0.25, -0.2) is 9.97 Å². The van der Waals surface area contributed by atoms with Gasteiger partial charge in [0.2, 0.25) is 0 Å². The van der Waals surface area contributed by atoms with Crippen LogP contribution in [0.4, 0.5) is 5.82 Å². The molecule has 4 nitrogen and oxygen atoms in total. The van der Waals surface area contributed by atoms with E-state index in [4.69, 9.17) is 0 Å². The summed E-state index contributed by atoms with van der Waals surface area (Å²) in [6.07, 6.45) is 5.71. The molecule has 0 spiro atoms. The number of nitrogens with one attached hydrogen (secondary N) is 1. The smallest absolute Gasteiger partial charge is 0.138 e. The molecule has 0 aliphatic carbocycles. The lowest BCUT2D eigenvalue weighted by Crippen LogP contribution is -2.08. The molecule has 3 aromatic heterocycles. The maximum absolute atomic E-state index is 4.64. The van der Waals surface area contributed by atoms with Gasteiger partial charge >= 0.3 is 0 Å². The second-order valence-electron chi connectivity index (χ2n) is 6.20. The van der Waals surface area contributed by atoms with Crippen LogP contribution in [0.5, 0.6) is 0 Å². The van der Waals surface area contributed by atoms with Gasteiger partial charge in [-0.15, -0.1) is 11.3 Å². The molecular formula is C18H22N4S. The number of hydrogen-bond acceptors (Lipinski definition) is 5. The minimum Gasteiger partial charge on any atom is -0.369 e. The fraction of sp³-hybridized carbons (Fsp3) is 0.389. The third-order valence-corrected chi connectivity index (χ3v) is 4.60. The average molecular weight is 326 g/mol. The lowest BCUT2D eigenvalue weighted by molar-refractivity contribution is 0.651. The maximum Gasteiger partial charge on any atom is 0.138 e. The first kappa shape index (κ1) is 15.9. The zero-order valence-corrected chi connectivity index (χ0v) is 14.7. The lowest BCUT2D eigenvalue weighted by Gasteiger charge is -2.10. The van der Waals surface area contributed by atoms with E-state index in [2.05, 4.69) is 45.6 Å². The molecule has 0 saturated heterocycles. The summed E-state index contributed by atoms with van der Waals surface area (Å²) in [6, 6.07) is 4.08. The predicted octanol–water partition coefficient (Wildman–Crippen LogP) is 4.25. The molecule has 23 heavy (non-hydrogen) atoms. The van der Waals surface area contributed by atoms with Crippen LogP contribution in [0.15, 0.2) is 29.9 Å². The van der Waals surface area contributed by atoms with Crippen molar-refractivity contribution in [1.82, 2.24) is 15.0 Å². The van der Waals surface area contributed by atoms with Gasteiger partial charge in [-0.1, -0.05) is 19.9 Å². The minimum absolute atomic E-state index is 0.623. The summed E-state index contributed by atoms with van der Waals surface area (Å²) in [5.41, 5.74) is 2.58. The number of pyridine rings is 1. The second kappa shape index (κ2) is 7.04. The Morgan fingerprint density at radius 1 is 1.26 bits per heavy atom. The Bertz CT molecular complexity index is 780. The maximum atomic E-state index is 4.64. The summed E-state index contributed by atoms with van der Waals surface area (Å²) in [6.45, 7) is 7.28. The van der Waals surface area contributed by atoms with Gasteiger partial charge in [0, 0.05) is 18.9 Å². The first-order valence-corrected chi connectivity index (χ1v) is 8.89. The summed E-state index contributed by atoms with van der Waals surface area (Å²) >= 11 is 1.71. The van der Waals surface area contributed by atoms with E-state index in [-0.39, 0.29) is 0 Å². The van der Waals surface area contributed by atoms with Crippen LogP contribution < -0.4 is 5.32 Å². The van der Waals surface area contributed by atoms with Crippen molar-refractivity contribution in [3.05, 3.63) is 46.9 Å². The molecular weight excluding hydrogens is 304 g/mol. The van der Waals surface area contributed by atoms with Gasteiger partial charge in [-0.3, -0.25) is 4.98 Å². The van der Waals surface area contributed by atoms with Gasteiger partial charge in [0.05, 0.1) is 5.39 Å². The zero-order valence-electron chi connectivity index (χ0n) is 13.8. The number of aryl methyl sites for hydroxylation is 1. The van der Waals surface area contributed by atoms with Crippen LogP contribution >= 0.6 is 11.3 Å². The van der Waals surface area contributed by atoms with Crippen molar-refractivity contribution in [3.63, 3.8) is 0 Å². The SMILES string of the molecule is Cc1nc(NCCc2cccnc2)c2c(CC(C)C)csc2n1. The zero-order chi connectivity index (χ0) is 16.2. The van der Waals surface area contributed by atoms with E-state index in [1.807, 2.05) is 19.2 Å². The molecule has 0 bridgehead atoms. The van der Waals surface area contributed by atoms with E-state index >= 15 is 0 Å². The number of nitrogens with zero attached hydrogens (tertiary/aromatic N) is 3. The Kier molecular flexibility index (Phi) is 4.86. The number of rotatable bonds is 6. The van der Waals surface area contributed by atoms with Crippen molar-refractivity contribution in [2.75, 3.05) is 11.9 Å². The average Bonchev–Trinajstić information content (AvgIpc) is 2.90. The summed E-state index contributed by atoms with van der Waals surface area (Å²) in [5, 5.41) is 6.93. The molecule has 1 N–H and O–H groups in total. The van der Waals surface area contributed by atoms with Crippen LogP contribution in [0.25, 0.3) is 10.2 Å². The lowest BCUT2D eigenvalue weighted by atomic mass is 10.0. The van der Waals surface area contributed by atoms with Gasteiger partial charge in [-0.05, 0) is 48.3 Å². The quantitative estimate of drug-likeness (QED) is 0.736. The first-order chi connectivity index (χ1) is 11.1. The van der Waals surface area contributed by atoms with Crippen LogP contribution in [-0.4, -0.2) is 21.5 Å². The fourth-order valence-electron chi connectivity index (χ4n) is 2.70. The Morgan fingerprint density at radius 2 is 2.13 bits per heavy atom. The summed E-state index contributed by atoms with van der Waals surface area (Å²) in [7, 11) is 0. The number of anilines is 1. The molecule has 120 valence electrons. The Balaban J connectivity index is 1.82. The van der Waals surface area contributed by atoms with Gasteiger partial charge in [0.25, 0.3) is 0 Å². The monoisotopic (exact) mass is 326 g/mol. The Labute approximate surface area is 141 Å². The van der Waals surface area contributed by atoms with Gasteiger partial charge in [0.1, 0.15) is 16.5 Å². The standard InChI is InChI=1S/C18H22N4S/c1-12(2)9-15-11-23-18-16(15)17(21-13(3)22-18)20-8-6-14-5-4-7-19-10-14/h4-5,7,10-12H,6,8-9H2,1-3H3,(H,20,21,22). The molecule has 0 saturated carbocycles. The van der Waals surface area contributed by atoms with Crippen LogP contribution in [0.2, 0.25) is 0 Å². The molecule has 0 radical (unpaired) electrons. The van der Waals surface area contributed by atoms with Crippen molar-refractivity contribution in [2.45, 2.75) is 33.6 Å². The minimum atomic E-state index is 0.623. The van der Waals surface area contributed by atoms with E-state index in [0.29, 0.717) is 5.92 Å². The number of fused-ring (bicyclic) bond motifs is 1. The molecule has 3 aromatic rings. The first-order valence-electron chi connectivity index (χ1n) is 8.01. The van der Waals surface area contributed by atoms with Crippen LogP contribution in [0.3, 0.4) is 0 Å². The van der Waals surface area contributed by atoms with E-state index in [1.165, 1.54) is 16.5 Å². The Hall–Kier alpha value is -2.01. The number of thiophene rings is 1. The third kappa shape index (κ3) is 3.85. The van der Waals surface area contributed by atoms with E-state index in [1.54, 1.807) is 17.5 Å². The second-order valence-corrected chi connectivity index (χ2v) is 7.05. The highest BCUT2D eigenvalue weighted by Gasteiger charge is 2.13. The fourth-order valence-corrected chi connectivity index (χ4v) is 3.69. The molecule has 0 aliphatic heterocycles. The van der Waals surface area contributed by atoms with Crippen molar-refractivity contribution < 1.29 is 0 Å². The van der Waals surface area contributed by atoms with Crippen molar-refractivity contribution in [3.8, 4) is 0 Å².